The van der Waals surface area contributed by atoms with Gasteiger partial charge in [0.1, 0.15) is 6.42 Å². The second kappa shape index (κ2) is 7.34. The highest BCUT2D eigenvalue weighted by atomic mass is 16.5. The number of carbonyl (C=O) groups is 1. The predicted molar refractivity (Wildman–Crippen MR) is 68.7 cm³/mol. The van der Waals surface area contributed by atoms with E-state index < -0.39 is 0 Å². The molecule has 0 bridgehead atoms. The van der Waals surface area contributed by atoms with Gasteiger partial charge in [0.05, 0.1) is 13.2 Å². The maximum Gasteiger partial charge on any atom is 0.317 e. The molecule has 17 heavy (non-hydrogen) atoms. The molecule has 0 radical (unpaired) electrons. The molecule has 0 spiro atoms. The smallest absolute Gasteiger partial charge is 0.317 e. The van der Waals surface area contributed by atoms with E-state index in [1.54, 1.807) is 6.92 Å². The molecule has 0 aliphatic carbocycles. The van der Waals surface area contributed by atoms with E-state index >= 15 is 0 Å². The lowest BCUT2D eigenvalue weighted by molar-refractivity contribution is -0.141. The van der Waals surface area contributed by atoms with Crippen molar-refractivity contribution < 1.29 is 9.53 Å². The molecule has 1 aromatic rings. The monoisotopic (exact) mass is 231 g/mol. The molecule has 90 valence electrons. The van der Waals surface area contributed by atoms with Gasteiger partial charge in [-0.15, -0.1) is 0 Å². The molecular weight excluding hydrogens is 214 g/mol. The number of esters is 1. The highest BCUT2D eigenvalue weighted by Crippen LogP contribution is 2.09. The molecule has 0 amide bonds. The molecule has 0 N–H and O–H groups in total. The van der Waals surface area contributed by atoms with Gasteiger partial charge >= 0.3 is 5.97 Å². The van der Waals surface area contributed by atoms with Crippen LogP contribution < -0.4 is 4.90 Å². The molecule has 0 aliphatic heterocycles. The van der Waals surface area contributed by atoms with Crippen LogP contribution in [0.5, 0.6) is 0 Å². The maximum atomic E-state index is 11.0. The first-order valence-electron chi connectivity index (χ1n) is 5.61. The summed E-state index contributed by atoms with van der Waals surface area (Å²) >= 11 is 0. The highest BCUT2D eigenvalue weighted by molar-refractivity contribution is 5.72. The predicted octanol–water partition coefficient (Wildman–Crippen LogP) is 2.08. The lowest BCUT2D eigenvalue weighted by Crippen LogP contribution is -2.16. The van der Waals surface area contributed by atoms with Crippen molar-refractivity contribution in [2.24, 2.45) is 0 Å². The van der Waals surface area contributed by atoms with Crippen molar-refractivity contribution in [2.75, 3.05) is 25.1 Å². The van der Waals surface area contributed by atoms with Gasteiger partial charge in [-0.3, -0.25) is 4.79 Å². The number of carbonyl (C=O) groups excluding carboxylic acids is 1. The van der Waals surface area contributed by atoms with Gasteiger partial charge in [0.25, 0.3) is 0 Å². The molecule has 1 aromatic carbocycles. The van der Waals surface area contributed by atoms with Gasteiger partial charge in [0.2, 0.25) is 0 Å². The third-order valence-electron chi connectivity index (χ3n) is 2.18. The summed E-state index contributed by atoms with van der Waals surface area (Å²) in [6.07, 6.45) is 0.163. The van der Waals surface area contributed by atoms with Gasteiger partial charge < -0.3 is 9.64 Å². The van der Waals surface area contributed by atoms with Gasteiger partial charge in [-0.1, -0.05) is 30.0 Å². The van der Waals surface area contributed by atoms with Crippen LogP contribution in [0.3, 0.4) is 0 Å². The zero-order chi connectivity index (χ0) is 12.5. The Labute approximate surface area is 102 Å². The number of hydrogen-bond acceptors (Lipinski definition) is 3. The molecule has 0 saturated heterocycles. The number of ether oxygens (including phenoxy) is 1. The van der Waals surface area contributed by atoms with E-state index in [-0.39, 0.29) is 12.4 Å². The first kappa shape index (κ1) is 13.1. The van der Waals surface area contributed by atoms with Crippen molar-refractivity contribution in [3.63, 3.8) is 0 Å². The van der Waals surface area contributed by atoms with Crippen LogP contribution in [0.4, 0.5) is 5.69 Å². The number of nitrogens with zero attached hydrogens (tertiary/aromatic N) is 1. The van der Waals surface area contributed by atoms with Crippen LogP contribution in [-0.2, 0) is 9.53 Å². The average Bonchev–Trinajstić information content (AvgIpc) is 2.36. The molecule has 0 aromatic heterocycles. The van der Waals surface area contributed by atoms with Crippen LogP contribution in [0.1, 0.15) is 13.3 Å². The van der Waals surface area contributed by atoms with Crippen molar-refractivity contribution in [1.29, 1.82) is 0 Å². The van der Waals surface area contributed by atoms with E-state index in [2.05, 4.69) is 11.8 Å². The van der Waals surface area contributed by atoms with Gasteiger partial charge in [0, 0.05) is 12.7 Å². The zero-order valence-electron chi connectivity index (χ0n) is 10.3. The van der Waals surface area contributed by atoms with Crippen molar-refractivity contribution in [3.8, 4) is 11.8 Å². The number of para-hydroxylation sites is 1. The number of benzene rings is 1. The summed E-state index contributed by atoms with van der Waals surface area (Å²) in [5.74, 6) is 5.49. The number of anilines is 1. The van der Waals surface area contributed by atoms with Gasteiger partial charge in [-0.25, -0.2) is 0 Å². The summed E-state index contributed by atoms with van der Waals surface area (Å²) in [7, 11) is 1.97. The normalized spacial score (nSPS) is 9.06. The molecule has 0 atom stereocenters. The van der Waals surface area contributed by atoms with Crippen LogP contribution in [0.2, 0.25) is 0 Å². The van der Waals surface area contributed by atoms with E-state index in [0.29, 0.717) is 13.2 Å². The van der Waals surface area contributed by atoms with E-state index in [9.17, 15) is 4.79 Å². The average molecular weight is 231 g/mol. The summed E-state index contributed by atoms with van der Waals surface area (Å²) in [6, 6.07) is 9.99. The third kappa shape index (κ3) is 5.07. The summed E-state index contributed by atoms with van der Waals surface area (Å²) < 4.78 is 4.78. The van der Waals surface area contributed by atoms with Crippen LogP contribution in [0.25, 0.3) is 0 Å². The van der Waals surface area contributed by atoms with E-state index in [1.807, 2.05) is 42.3 Å². The van der Waals surface area contributed by atoms with Crippen molar-refractivity contribution >= 4 is 11.7 Å². The molecule has 0 fully saturated rings. The first-order valence-corrected chi connectivity index (χ1v) is 5.61. The van der Waals surface area contributed by atoms with Crippen molar-refractivity contribution in [1.82, 2.24) is 0 Å². The third-order valence-corrected chi connectivity index (χ3v) is 2.18. The van der Waals surface area contributed by atoms with E-state index in [0.717, 1.165) is 5.69 Å². The second-order valence-electron chi connectivity index (χ2n) is 3.53. The molecule has 3 nitrogen and oxygen atoms in total. The van der Waals surface area contributed by atoms with E-state index in [1.165, 1.54) is 0 Å². The molecule has 1 rings (SSSR count). The number of rotatable bonds is 4. The molecular formula is C14H17NO2. The Morgan fingerprint density at radius 1 is 1.29 bits per heavy atom. The molecule has 0 aliphatic rings. The minimum Gasteiger partial charge on any atom is -0.465 e. The Balaban J connectivity index is 2.36. The Morgan fingerprint density at radius 3 is 2.65 bits per heavy atom. The van der Waals surface area contributed by atoms with Crippen molar-refractivity contribution in [2.45, 2.75) is 13.3 Å². The quantitative estimate of drug-likeness (QED) is 0.587. The highest BCUT2D eigenvalue weighted by Gasteiger charge is 1.97. The Bertz CT molecular complexity index is 403. The first-order chi connectivity index (χ1) is 8.24. The topological polar surface area (TPSA) is 29.5 Å². The summed E-state index contributed by atoms with van der Waals surface area (Å²) in [6.45, 7) is 2.79. The van der Waals surface area contributed by atoms with Gasteiger partial charge in [-0.05, 0) is 19.1 Å². The molecule has 0 saturated carbocycles. The Morgan fingerprint density at radius 2 is 2.00 bits per heavy atom. The SMILES string of the molecule is CCOC(=O)CC#CCN(C)c1ccccc1. The van der Waals surface area contributed by atoms with E-state index in [4.69, 9.17) is 4.74 Å². The maximum absolute atomic E-state index is 11.0. The fourth-order valence-corrected chi connectivity index (χ4v) is 1.29. The summed E-state index contributed by atoms with van der Waals surface area (Å²) in [5.41, 5.74) is 1.11. The fraction of sp³-hybridized carbons (Fsp3) is 0.357. The Kier molecular flexibility index (Phi) is 5.67. The molecule has 0 unspecified atom stereocenters. The summed E-state index contributed by atoms with van der Waals surface area (Å²) in [4.78, 5) is 13.0. The molecule has 0 heterocycles. The standard InChI is InChI=1S/C14H17NO2/c1-3-17-14(16)11-7-8-12-15(2)13-9-5-4-6-10-13/h4-6,9-10H,3,11-12H2,1-2H3. The largest absolute Gasteiger partial charge is 0.465 e. The lowest BCUT2D eigenvalue weighted by Gasteiger charge is -2.15. The van der Waals surface area contributed by atoms with Crippen LogP contribution >= 0.6 is 0 Å². The Hall–Kier alpha value is -1.95. The lowest BCUT2D eigenvalue weighted by atomic mass is 10.3. The minimum atomic E-state index is -0.262. The second-order valence-corrected chi connectivity index (χ2v) is 3.53. The summed E-state index contributed by atoms with van der Waals surface area (Å²) in [5, 5.41) is 0. The van der Waals surface area contributed by atoms with Crippen molar-refractivity contribution in [3.05, 3.63) is 30.3 Å². The minimum absolute atomic E-state index is 0.163. The van der Waals surface area contributed by atoms with Crippen LogP contribution in [0.15, 0.2) is 30.3 Å². The number of hydrogen-bond donors (Lipinski definition) is 0. The fourth-order valence-electron chi connectivity index (χ4n) is 1.29. The van der Waals surface area contributed by atoms with Crippen LogP contribution in [-0.4, -0.2) is 26.2 Å². The molecule has 3 heteroatoms. The zero-order valence-corrected chi connectivity index (χ0v) is 10.3. The van der Waals surface area contributed by atoms with Crippen LogP contribution in [0, 0.1) is 11.8 Å². The van der Waals surface area contributed by atoms with Gasteiger partial charge in [-0.2, -0.15) is 0 Å². The van der Waals surface area contributed by atoms with Gasteiger partial charge in [0.15, 0.2) is 0 Å².